The van der Waals surface area contributed by atoms with Crippen LogP contribution in [0.3, 0.4) is 0 Å². The second kappa shape index (κ2) is 9.36. The number of fused-ring (bicyclic) bond motifs is 1. The molecule has 0 saturated heterocycles. The molecule has 2 aliphatic rings. The summed E-state index contributed by atoms with van der Waals surface area (Å²) in [6.07, 6.45) is 10.9. The number of rotatable bonds is 6. The largest absolute Gasteiger partial charge is 0.325 e. The van der Waals surface area contributed by atoms with Crippen LogP contribution in [0.15, 0.2) is 72.8 Å². The van der Waals surface area contributed by atoms with E-state index in [0.29, 0.717) is 22.6 Å². The number of nitrogens with one attached hydrogen (secondary N) is 1. The fourth-order valence-corrected chi connectivity index (χ4v) is 13.1. The normalized spacial score (nSPS) is 25.2. The van der Waals surface area contributed by atoms with Gasteiger partial charge in [0.1, 0.15) is 0 Å². The first-order valence-electron chi connectivity index (χ1n) is 12.1. The summed E-state index contributed by atoms with van der Waals surface area (Å²) in [7, 11) is -2.32. The minimum Gasteiger partial charge on any atom is -0.325 e. The van der Waals surface area contributed by atoms with E-state index in [1.807, 2.05) is 0 Å². The number of allylic oxidation sites excluding steroid dienone is 4. The van der Waals surface area contributed by atoms with Gasteiger partial charge in [-0.2, -0.15) is 11.8 Å². The van der Waals surface area contributed by atoms with Crippen LogP contribution >= 0.6 is 11.8 Å². The average molecular weight is 462 g/mol. The van der Waals surface area contributed by atoms with Gasteiger partial charge < -0.3 is 4.98 Å². The molecule has 0 spiro atoms. The molecule has 0 bridgehead atoms. The lowest BCUT2D eigenvalue weighted by Gasteiger charge is -2.46. The zero-order chi connectivity index (χ0) is 22.9. The first-order valence-corrected chi connectivity index (χ1v) is 15.3. The van der Waals surface area contributed by atoms with E-state index in [1.165, 1.54) is 33.7 Å². The molecule has 3 heteroatoms. The van der Waals surface area contributed by atoms with Crippen molar-refractivity contribution in [1.82, 2.24) is 4.98 Å². The van der Waals surface area contributed by atoms with Crippen LogP contribution in [-0.4, -0.2) is 24.8 Å². The van der Waals surface area contributed by atoms with Crippen LogP contribution in [0.4, 0.5) is 0 Å². The van der Waals surface area contributed by atoms with Gasteiger partial charge in [0.25, 0.3) is 0 Å². The number of hydrogen-bond donors (Lipinski definition) is 1. The van der Waals surface area contributed by atoms with E-state index in [1.54, 1.807) is 0 Å². The van der Waals surface area contributed by atoms with Crippen LogP contribution in [0.5, 0.6) is 0 Å². The van der Waals surface area contributed by atoms with E-state index >= 15 is 0 Å². The van der Waals surface area contributed by atoms with Gasteiger partial charge in [-0.25, -0.2) is 0 Å². The van der Waals surface area contributed by atoms with E-state index in [9.17, 15) is 0 Å². The summed E-state index contributed by atoms with van der Waals surface area (Å²) in [5, 5.41) is 3.74. The van der Waals surface area contributed by atoms with Gasteiger partial charge in [0.05, 0.1) is 0 Å². The molecule has 1 nitrogen and oxygen atoms in total. The number of benzene rings is 2. The quantitative estimate of drug-likeness (QED) is 0.529. The smallest absolute Gasteiger partial charge is 0.194 e. The molecule has 0 heterocycles. The number of thioether (sulfide) groups is 1. The van der Waals surface area contributed by atoms with Crippen molar-refractivity contribution in [1.29, 1.82) is 0 Å². The zero-order valence-corrected chi connectivity index (χ0v) is 22.4. The number of hydrogen-bond acceptors (Lipinski definition) is 2. The van der Waals surface area contributed by atoms with Gasteiger partial charge in [-0.05, 0) is 74.5 Å². The average Bonchev–Trinajstić information content (AvgIpc) is 3.12. The Labute approximate surface area is 200 Å². The Bertz CT molecular complexity index is 922. The van der Waals surface area contributed by atoms with Crippen LogP contribution in [0, 0.1) is 25.7 Å². The molecule has 4 rings (SSSR count). The molecule has 32 heavy (non-hydrogen) atoms. The SMILES string of the molecule is CCSC1CC([Si](NC(C)(C)C)(c2ccc(C)cc2)c2ccc(C)cc2)C2C=CC=CC12. The predicted molar refractivity (Wildman–Crippen MR) is 146 cm³/mol. The molecule has 1 saturated carbocycles. The van der Waals surface area contributed by atoms with Gasteiger partial charge in [-0.3, -0.25) is 0 Å². The first kappa shape index (κ1) is 23.6. The summed E-state index contributed by atoms with van der Waals surface area (Å²) in [4.78, 5) is 4.35. The Kier molecular flexibility index (Phi) is 6.91. The van der Waals surface area contributed by atoms with E-state index < -0.39 is 8.24 Å². The maximum atomic E-state index is 4.35. The lowest BCUT2D eigenvalue weighted by Crippen LogP contribution is -2.75. The summed E-state index contributed by atoms with van der Waals surface area (Å²) < 4.78 is 0. The summed E-state index contributed by atoms with van der Waals surface area (Å²) in [6, 6.07) is 19.0. The first-order chi connectivity index (χ1) is 15.2. The topological polar surface area (TPSA) is 12.0 Å². The highest BCUT2D eigenvalue weighted by Crippen LogP contribution is 2.52. The fraction of sp³-hybridized carbons (Fsp3) is 0.448. The summed E-state index contributed by atoms with van der Waals surface area (Å²) >= 11 is 2.17. The lowest BCUT2D eigenvalue weighted by molar-refractivity contribution is 0.494. The summed E-state index contributed by atoms with van der Waals surface area (Å²) in [5.74, 6) is 2.42. The zero-order valence-electron chi connectivity index (χ0n) is 20.6. The van der Waals surface area contributed by atoms with Crippen molar-refractivity contribution in [2.24, 2.45) is 11.8 Å². The van der Waals surface area contributed by atoms with Gasteiger partial charge in [0.2, 0.25) is 0 Å². The van der Waals surface area contributed by atoms with E-state index in [2.05, 4.69) is 131 Å². The van der Waals surface area contributed by atoms with Crippen molar-refractivity contribution in [2.75, 3.05) is 5.75 Å². The maximum Gasteiger partial charge on any atom is 0.194 e. The Balaban J connectivity index is 1.95. The van der Waals surface area contributed by atoms with Crippen LogP contribution in [-0.2, 0) is 0 Å². The van der Waals surface area contributed by atoms with Crippen molar-refractivity contribution >= 4 is 30.4 Å². The highest BCUT2D eigenvalue weighted by molar-refractivity contribution is 7.99. The standard InChI is InChI=1S/C29H39NSSi/c1-7-31-27-20-28(26-11-9-8-10-25(26)27)32(30-29(4,5)6,23-16-12-21(2)13-17-23)24-18-14-22(3)15-19-24/h8-19,25-28,30H,7,20H2,1-6H3. The van der Waals surface area contributed by atoms with Gasteiger partial charge in [0.15, 0.2) is 8.24 Å². The van der Waals surface area contributed by atoms with E-state index in [4.69, 9.17) is 0 Å². The molecule has 0 aliphatic heterocycles. The molecule has 4 atom stereocenters. The maximum absolute atomic E-state index is 4.35. The number of aryl methyl sites for hydroxylation is 2. The third kappa shape index (κ3) is 4.57. The summed E-state index contributed by atoms with van der Waals surface area (Å²) in [6.45, 7) is 13.7. The molecule has 2 aliphatic carbocycles. The van der Waals surface area contributed by atoms with E-state index in [0.717, 1.165) is 0 Å². The molecule has 0 amide bonds. The molecular weight excluding hydrogens is 422 g/mol. The van der Waals surface area contributed by atoms with Crippen molar-refractivity contribution in [3.05, 3.63) is 84.0 Å². The Hall–Kier alpha value is -1.55. The van der Waals surface area contributed by atoms with Gasteiger partial charge in [0, 0.05) is 10.8 Å². The molecule has 1 N–H and O–H groups in total. The Morgan fingerprint density at radius 1 is 0.844 bits per heavy atom. The monoisotopic (exact) mass is 461 g/mol. The van der Waals surface area contributed by atoms with Crippen LogP contribution < -0.4 is 15.4 Å². The Morgan fingerprint density at radius 3 is 1.81 bits per heavy atom. The second-order valence-corrected chi connectivity index (χ2v) is 16.0. The van der Waals surface area contributed by atoms with Gasteiger partial charge in [-0.1, -0.05) is 90.9 Å². The predicted octanol–water partition coefficient (Wildman–Crippen LogP) is 6.01. The Morgan fingerprint density at radius 2 is 1.34 bits per heavy atom. The fourth-order valence-electron chi connectivity index (χ4n) is 5.90. The molecular formula is C29H39NSSi. The molecule has 1 fully saturated rings. The molecule has 0 aromatic heterocycles. The van der Waals surface area contributed by atoms with Gasteiger partial charge >= 0.3 is 0 Å². The van der Waals surface area contributed by atoms with Crippen molar-refractivity contribution in [3.63, 3.8) is 0 Å². The minimum absolute atomic E-state index is 0.0295. The van der Waals surface area contributed by atoms with Gasteiger partial charge in [-0.15, -0.1) is 0 Å². The highest BCUT2D eigenvalue weighted by atomic mass is 32.2. The molecule has 0 radical (unpaired) electrons. The van der Waals surface area contributed by atoms with Crippen LogP contribution in [0.2, 0.25) is 5.54 Å². The second-order valence-electron chi connectivity index (χ2n) is 10.7. The van der Waals surface area contributed by atoms with Crippen molar-refractivity contribution in [3.8, 4) is 0 Å². The molecule has 4 unspecified atom stereocenters. The van der Waals surface area contributed by atoms with Crippen molar-refractivity contribution in [2.45, 2.75) is 64.3 Å². The van der Waals surface area contributed by atoms with E-state index in [-0.39, 0.29) is 5.54 Å². The van der Waals surface area contributed by atoms with Crippen molar-refractivity contribution < 1.29 is 0 Å². The minimum atomic E-state index is -2.32. The molecule has 2 aromatic rings. The summed E-state index contributed by atoms with van der Waals surface area (Å²) in [5.41, 5.74) is 3.31. The molecule has 170 valence electrons. The molecule has 2 aromatic carbocycles. The highest BCUT2D eigenvalue weighted by Gasteiger charge is 2.55. The third-order valence-electron chi connectivity index (χ3n) is 7.13. The lowest BCUT2D eigenvalue weighted by atomic mass is 9.91. The third-order valence-corrected chi connectivity index (χ3v) is 13.8. The van der Waals surface area contributed by atoms with Crippen LogP contribution in [0.1, 0.15) is 45.2 Å². The van der Waals surface area contributed by atoms with Crippen LogP contribution in [0.25, 0.3) is 0 Å².